The average Bonchev–Trinajstić information content (AvgIpc) is 2.86. The molecule has 112 valence electrons. The van der Waals surface area contributed by atoms with Crippen LogP contribution in [0, 0.1) is 11.8 Å². The van der Waals surface area contributed by atoms with Crippen molar-refractivity contribution < 1.29 is 17.9 Å². The zero-order valence-electron chi connectivity index (χ0n) is 11.3. The van der Waals surface area contributed by atoms with E-state index in [0.717, 1.165) is 25.0 Å². The van der Waals surface area contributed by atoms with Crippen LogP contribution >= 0.6 is 0 Å². The topological polar surface area (TPSA) is 35.2 Å². The van der Waals surface area contributed by atoms with Gasteiger partial charge in [0.25, 0.3) is 0 Å². The zero-order chi connectivity index (χ0) is 14.6. The second kappa shape index (κ2) is 6.59. The van der Waals surface area contributed by atoms with E-state index in [9.17, 15) is 13.2 Å². The standard InChI is InChI=1S/C15H20F3NO/c16-15(17,18)14-6-1-3-11(7-14)9-20-10-13-5-2-4-12(13)8-19/h1,3,6-7,12-13H,2,4-5,8-10,19H2. The lowest BCUT2D eigenvalue weighted by Gasteiger charge is -2.18. The highest BCUT2D eigenvalue weighted by atomic mass is 19.4. The molecule has 0 spiro atoms. The Hall–Kier alpha value is -1.07. The van der Waals surface area contributed by atoms with Crippen LogP contribution in [0.1, 0.15) is 30.4 Å². The van der Waals surface area contributed by atoms with E-state index in [4.69, 9.17) is 10.5 Å². The summed E-state index contributed by atoms with van der Waals surface area (Å²) in [6, 6.07) is 5.30. The number of hydrogen-bond acceptors (Lipinski definition) is 2. The van der Waals surface area contributed by atoms with Crippen molar-refractivity contribution in [1.82, 2.24) is 0 Å². The van der Waals surface area contributed by atoms with Crippen LogP contribution in [0.4, 0.5) is 13.2 Å². The maximum absolute atomic E-state index is 12.6. The molecule has 2 rings (SSSR count). The molecule has 1 saturated carbocycles. The number of hydrogen-bond donors (Lipinski definition) is 1. The fourth-order valence-corrected chi connectivity index (χ4v) is 2.81. The molecule has 1 aromatic rings. The highest BCUT2D eigenvalue weighted by molar-refractivity contribution is 5.25. The molecular weight excluding hydrogens is 267 g/mol. The summed E-state index contributed by atoms with van der Waals surface area (Å²) in [5, 5.41) is 0. The Morgan fingerprint density at radius 1 is 1.20 bits per heavy atom. The van der Waals surface area contributed by atoms with Gasteiger partial charge in [-0.3, -0.25) is 0 Å². The van der Waals surface area contributed by atoms with Gasteiger partial charge in [-0.05, 0) is 48.9 Å². The first-order valence-electron chi connectivity index (χ1n) is 6.94. The third kappa shape index (κ3) is 3.96. The normalized spacial score (nSPS) is 23.2. The summed E-state index contributed by atoms with van der Waals surface area (Å²) in [6.45, 7) is 1.47. The average molecular weight is 287 g/mol. The lowest BCUT2D eigenvalue weighted by atomic mass is 9.97. The molecule has 0 amide bonds. The van der Waals surface area contributed by atoms with E-state index in [1.54, 1.807) is 6.07 Å². The fraction of sp³-hybridized carbons (Fsp3) is 0.600. The van der Waals surface area contributed by atoms with E-state index in [-0.39, 0.29) is 6.61 Å². The van der Waals surface area contributed by atoms with Crippen molar-refractivity contribution in [2.45, 2.75) is 32.0 Å². The minimum atomic E-state index is -4.30. The van der Waals surface area contributed by atoms with Gasteiger partial charge in [0.15, 0.2) is 0 Å². The molecular formula is C15H20F3NO. The van der Waals surface area contributed by atoms with Crippen molar-refractivity contribution >= 4 is 0 Å². The highest BCUT2D eigenvalue weighted by Gasteiger charge is 2.30. The predicted octanol–water partition coefficient (Wildman–Crippen LogP) is 3.60. The Morgan fingerprint density at radius 2 is 1.95 bits per heavy atom. The van der Waals surface area contributed by atoms with E-state index < -0.39 is 11.7 Å². The van der Waals surface area contributed by atoms with Crippen molar-refractivity contribution in [3.8, 4) is 0 Å². The van der Waals surface area contributed by atoms with Gasteiger partial charge >= 0.3 is 6.18 Å². The lowest BCUT2D eigenvalue weighted by Crippen LogP contribution is -2.22. The second-order valence-corrected chi connectivity index (χ2v) is 5.40. The maximum Gasteiger partial charge on any atom is 0.416 e. The van der Waals surface area contributed by atoms with Crippen LogP contribution in [0.5, 0.6) is 0 Å². The van der Waals surface area contributed by atoms with E-state index in [2.05, 4.69) is 0 Å². The van der Waals surface area contributed by atoms with E-state index in [1.165, 1.54) is 12.5 Å². The van der Waals surface area contributed by atoms with Gasteiger partial charge in [-0.1, -0.05) is 18.6 Å². The van der Waals surface area contributed by atoms with Gasteiger partial charge in [0, 0.05) is 0 Å². The molecule has 1 aliphatic carbocycles. The van der Waals surface area contributed by atoms with Crippen molar-refractivity contribution in [1.29, 1.82) is 0 Å². The summed E-state index contributed by atoms with van der Waals surface area (Å²) >= 11 is 0. The highest BCUT2D eigenvalue weighted by Crippen LogP contribution is 2.32. The Labute approximate surface area is 117 Å². The van der Waals surface area contributed by atoms with Gasteiger partial charge in [-0.2, -0.15) is 13.2 Å². The molecule has 1 aliphatic rings. The summed E-state index contributed by atoms with van der Waals surface area (Å²) in [7, 11) is 0. The SMILES string of the molecule is NCC1CCCC1COCc1cccc(C(F)(F)F)c1. The summed E-state index contributed by atoms with van der Waals surface area (Å²) < 4.78 is 43.3. The number of benzene rings is 1. The number of alkyl halides is 3. The van der Waals surface area contributed by atoms with Crippen molar-refractivity contribution in [3.63, 3.8) is 0 Å². The molecule has 0 saturated heterocycles. The van der Waals surface area contributed by atoms with Gasteiger partial charge in [0.05, 0.1) is 18.8 Å². The molecule has 2 unspecified atom stereocenters. The van der Waals surface area contributed by atoms with Crippen LogP contribution in [0.15, 0.2) is 24.3 Å². The second-order valence-electron chi connectivity index (χ2n) is 5.40. The third-order valence-corrected chi connectivity index (χ3v) is 3.97. The molecule has 0 aliphatic heterocycles. The molecule has 0 bridgehead atoms. The molecule has 5 heteroatoms. The summed E-state index contributed by atoms with van der Waals surface area (Å²) in [5.74, 6) is 0.947. The minimum Gasteiger partial charge on any atom is -0.376 e. The lowest BCUT2D eigenvalue weighted by molar-refractivity contribution is -0.137. The van der Waals surface area contributed by atoms with E-state index in [1.807, 2.05) is 0 Å². The fourth-order valence-electron chi connectivity index (χ4n) is 2.81. The van der Waals surface area contributed by atoms with Gasteiger partial charge in [0.2, 0.25) is 0 Å². The van der Waals surface area contributed by atoms with Crippen molar-refractivity contribution in [2.24, 2.45) is 17.6 Å². The Kier molecular flexibility index (Phi) is 5.05. The molecule has 0 radical (unpaired) electrons. The quantitative estimate of drug-likeness (QED) is 0.898. The van der Waals surface area contributed by atoms with Gasteiger partial charge in [-0.15, -0.1) is 0 Å². The molecule has 0 heterocycles. The zero-order valence-corrected chi connectivity index (χ0v) is 11.3. The Morgan fingerprint density at radius 3 is 2.65 bits per heavy atom. The number of rotatable bonds is 5. The van der Waals surface area contributed by atoms with E-state index in [0.29, 0.717) is 30.6 Å². The third-order valence-electron chi connectivity index (χ3n) is 3.97. The molecule has 2 nitrogen and oxygen atoms in total. The molecule has 2 N–H and O–H groups in total. The van der Waals surface area contributed by atoms with Crippen LogP contribution in [-0.4, -0.2) is 13.2 Å². The smallest absolute Gasteiger partial charge is 0.376 e. The van der Waals surface area contributed by atoms with Crippen molar-refractivity contribution in [3.05, 3.63) is 35.4 Å². The van der Waals surface area contributed by atoms with Crippen LogP contribution in [0.25, 0.3) is 0 Å². The Bertz CT molecular complexity index is 433. The summed E-state index contributed by atoms with van der Waals surface area (Å²) in [4.78, 5) is 0. The van der Waals surface area contributed by atoms with E-state index >= 15 is 0 Å². The molecule has 0 aromatic heterocycles. The monoisotopic (exact) mass is 287 g/mol. The summed E-state index contributed by atoms with van der Waals surface area (Å²) in [6.07, 6.45) is -0.899. The first-order valence-corrected chi connectivity index (χ1v) is 6.94. The van der Waals surface area contributed by atoms with Gasteiger partial charge in [-0.25, -0.2) is 0 Å². The Balaban J connectivity index is 1.85. The van der Waals surface area contributed by atoms with Gasteiger partial charge in [0.1, 0.15) is 0 Å². The summed E-state index contributed by atoms with van der Waals surface area (Å²) in [5.41, 5.74) is 5.63. The van der Waals surface area contributed by atoms with Crippen LogP contribution in [0.3, 0.4) is 0 Å². The largest absolute Gasteiger partial charge is 0.416 e. The first-order chi connectivity index (χ1) is 9.50. The molecule has 20 heavy (non-hydrogen) atoms. The predicted molar refractivity (Wildman–Crippen MR) is 71.0 cm³/mol. The first kappa shape index (κ1) is 15.3. The number of nitrogens with two attached hydrogens (primary N) is 1. The maximum atomic E-state index is 12.6. The molecule has 1 aromatic carbocycles. The molecule has 1 fully saturated rings. The minimum absolute atomic E-state index is 0.220. The van der Waals surface area contributed by atoms with Crippen LogP contribution in [-0.2, 0) is 17.5 Å². The number of ether oxygens (including phenoxy) is 1. The van der Waals surface area contributed by atoms with Crippen molar-refractivity contribution in [2.75, 3.05) is 13.2 Å². The number of halogens is 3. The molecule has 2 atom stereocenters. The van der Waals surface area contributed by atoms with Gasteiger partial charge < -0.3 is 10.5 Å². The van der Waals surface area contributed by atoms with Crippen LogP contribution in [0.2, 0.25) is 0 Å². The van der Waals surface area contributed by atoms with Crippen LogP contribution < -0.4 is 5.73 Å².